The summed E-state index contributed by atoms with van der Waals surface area (Å²) < 4.78 is 106. The van der Waals surface area contributed by atoms with Gasteiger partial charge in [-0.15, -0.1) is 0 Å². The Bertz CT molecular complexity index is 10100. The largest absolute Gasteiger partial charge is 0.455 e. The summed E-state index contributed by atoms with van der Waals surface area (Å²) in [5.41, 5.74) is 29.0. The molecular weight excluding hydrogens is 1680 g/mol. The molecule has 0 aliphatic carbocycles. The van der Waals surface area contributed by atoms with Gasteiger partial charge in [-0.25, -0.2) is 0 Å². The van der Waals surface area contributed by atoms with E-state index in [0.29, 0.717) is 11.1 Å². The van der Waals surface area contributed by atoms with Crippen LogP contribution in [0.1, 0.15) is 13.7 Å². The Morgan fingerprint density at radius 2 is 0.403 bits per heavy atom. The summed E-state index contributed by atoms with van der Waals surface area (Å²) in [5, 5.41) is 20.5. The summed E-state index contributed by atoms with van der Waals surface area (Å²) >= 11 is 0. The molecule has 28 rings (SSSR count). The first-order chi connectivity index (χ1) is 73.2. The van der Waals surface area contributed by atoms with Gasteiger partial charge in [0.15, 0.2) is 0 Å². The molecule has 3 heteroatoms. The van der Waals surface area contributed by atoms with E-state index < -0.39 is 12.1 Å². The van der Waals surface area contributed by atoms with Gasteiger partial charge >= 0.3 is 0 Å². The van der Waals surface area contributed by atoms with Crippen LogP contribution in [0.4, 0.5) is 0 Å². The molecule has 0 N–H and O–H groups in total. The average molecular weight is 1780 g/mol. The zero-order chi connectivity index (χ0) is 101. The molecule has 0 aliphatic rings. The van der Waals surface area contributed by atoms with Crippen molar-refractivity contribution in [2.24, 2.45) is 0 Å². The third-order valence-corrected chi connectivity index (χ3v) is 27.6. The fourth-order valence-electron chi connectivity index (χ4n) is 21.7. The molecule has 3 nitrogen and oxygen atoms in total. The highest BCUT2D eigenvalue weighted by atomic mass is 16.3. The maximum Gasteiger partial charge on any atom is 0.143 e. The smallest absolute Gasteiger partial charge is 0.143 e. The Hall–Kier alpha value is -18.3. The molecule has 28 aromatic rings. The van der Waals surface area contributed by atoms with Crippen LogP contribution in [0, 0.1) is 0 Å². The van der Waals surface area contributed by atoms with Crippen LogP contribution >= 0.6 is 0 Å². The van der Waals surface area contributed by atoms with Crippen molar-refractivity contribution in [2.75, 3.05) is 0 Å². The number of benzene rings is 25. The first kappa shape index (κ1) is 71.4. The second kappa shape index (κ2) is 34.6. The van der Waals surface area contributed by atoms with Crippen LogP contribution in [0.25, 0.3) is 275 Å². The maximum absolute atomic E-state index is 8.89. The molecule has 648 valence electrons. The van der Waals surface area contributed by atoms with E-state index in [9.17, 15) is 0 Å². The maximum atomic E-state index is 8.89. The summed E-state index contributed by atoms with van der Waals surface area (Å²) in [6.45, 7) is 0. The van der Waals surface area contributed by atoms with Gasteiger partial charge < -0.3 is 13.3 Å². The highest BCUT2D eigenvalue weighted by Gasteiger charge is 2.28. The Morgan fingerprint density at radius 1 is 0.137 bits per heavy atom. The number of rotatable bonds is 12. The standard InChI is InChI=1S/C50H32O.C44H28O.C42H26O/c1-4-16-33(17-5-1)36-30-31-37(34-18-6-2-7-19-34)45(32-36)42-26-14-28-44-49-43(27-15-29-46(49)51-50(42)44)48-40-24-12-10-22-38(40)47(35-20-8-3-9-21-35)39-23-11-13-25-41(39)48;1-3-14-29(15-4-1)31-18-11-19-32(28-31)33-24-12-26-39-43-38(25-13-27-40(43)45-44(33)39)42-36-22-9-7-20-34(36)41(30-16-5-2-6-17-30)35-21-8-10-23-37(35)42;1-2-14-28(15-3-1)39-31-18-6-8-20-33(31)40(34-21-9-7-19-32(34)39)36-24-12-26-38-41(36)37-25-11-23-35(42(37)43-38)30-22-10-16-27-13-4-5-17-29(27)30/h1-32H;1-28H;1-26H/i;2D,5D,6D,16D,17D;1D,2D,3D,14D,15D. The fourth-order valence-corrected chi connectivity index (χ4v) is 21.7. The van der Waals surface area contributed by atoms with Crippen LogP contribution in [0.3, 0.4) is 0 Å². The molecule has 0 unspecified atom stereocenters. The summed E-state index contributed by atoms with van der Waals surface area (Å²) in [5.74, 6) is 0. The molecule has 0 atom stereocenters. The molecule has 139 heavy (non-hydrogen) atoms. The highest BCUT2D eigenvalue weighted by molar-refractivity contribution is 6.31. The van der Waals surface area contributed by atoms with Crippen LogP contribution in [0.2, 0.25) is 0 Å². The molecular formula is C136H86O3. The van der Waals surface area contributed by atoms with E-state index in [2.05, 4.69) is 346 Å². The van der Waals surface area contributed by atoms with Gasteiger partial charge in [-0.1, -0.05) is 491 Å². The molecule has 25 aromatic carbocycles. The van der Waals surface area contributed by atoms with E-state index >= 15 is 0 Å². The first-order valence-corrected chi connectivity index (χ1v) is 46.9. The molecule has 0 saturated heterocycles. The average Bonchev–Trinajstić information content (AvgIpc) is 1.71. The normalized spacial score (nSPS) is 12.6. The lowest BCUT2D eigenvalue weighted by Crippen LogP contribution is -1.91. The molecule has 0 radical (unpaired) electrons. The Morgan fingerprint density at radius 3 is 0.813 bits per heavy atom. The minimum absolute atomic E-state index is 0.198. The van der Waals surface area contributed by atoms with Gasteiger partial charge in [0.25, 0.3) is 0 Å². The van der Waals surface area contributed by atoms with Crippen LogP contribution in [-0.4, -0.2) is 0 Å². The minimum atomic E-state index is -0.404. The third-order valence-electron chi connectivity index (χ3n) is 27.6. The predicted molar refractivity (Wildman–Crippen MR) is 589 cm³/mol. The zero-order valence-corrected chi connectivity index (χ0v) is 75.1. The number of hydrogen-bond acceptors (Lipinski definition) is 3. The SMILES string of the molecule is [2H]c1c([2H])c([2H])c(-c2c3ccccc3c(-c3cccc4oc5c(-c6cccc(-c7ccccc7)c6)cccc5c34)c3ccccc23)c([2H])c1[2H].[2H]c1c([2H])c([2H])c(-c2c3ccccc3c(-c3cccc4oc5c(-c6cccc7ccccc67)cccc5c34)c3ccccc23)c([2H])c1[2H].c1ccc(-c2ccc(-c3ccccc3)c(-c3cccc4c3oc3cccc(-c5c6ccccc6c(-c6ccccc6)c6ccccc56)c34)c2)cc1. The topological polar surface area (TPSA) is 39.4 Å². The summed E-state index contributed by atoms with van der Waals surface area (Å²) in [6, 6.07) is 157. The van der Waals surface area contributed by atoms with Gasteiger partial charge in [0.05, 0.1) is 13.7 Å². The van der Waals surface area contributed by atoms with Crippen molar-refractivity contribution in [1.29, 1.82) is 0 Å². The van der Waals surface area contributed by atoms with E-state index in [1.54, 1.807) is 0 Å². The molecule has 3 aromatic heterocycles. The van der Waals surface area contributed by atoms with Gasteiger partial charge in [-0.2, -0.15) is 0 Å². The Kier molecular flexibility index (Phi) is 17.8. The van der Waals surface area contributed by atoms with Gasteiger partial charge in [0.2, 0.25) is 0 Å². The second-order valence-electron chi connectivity index (χ2n) is 35.2. The van der Waals surface area contributed by atoms with Crippen LogP contribution in [0.5, 0.6) is 0 Å². The quantitative estimate of drug-likeness (QED) is 0.114. The molecule has 0 fully saturated rings. The van der Waals surface area contributed by atoms with E-state index in [1.807, 2.05) is 115 Å². The number of para-hydroxylation sites is 3. The third kappa shape index (κ3) is 14.0. The molecule has 0 amide bonds. The molecule has 0 bridgehead atoms. The van der Waals surface area contributed by atoms with Crippen molar-refractivity contribution in [3.8, 4) is 134 Å². The summed E-state index contributed by atoms with van der Waals surface area (Å²) in [4.78, 5) is 0. The van der Waals surface area contributed by atoms with Crippen molar-refractivity contribution in [3.63, 3.8) is 0 Å². The van der Waals surface area contributed by atoms with Crippen molar-refractivity contribution in [3.05, 3.63) is 521 Å². The zero-order valence-electron chi connectivity index (χ0n) is 85.1. The van der Waals surface area contributed by atoms with Crippen LogP contribution in [-0.2, 0) is 0 Å². The lowest BCUT2D eigenvalue weighted by atomic mass is 9.85. The first-order valence-electron chi connectivity index (χ1n) is 51.9. The number of hydrogen-bond donors (Lipinski definition) is 0. The molecule has 0 spiro atoms. The Balaban J connectivity index is 0.000000113. The second-order valence-corrected chi connectivity index (χ2v) is 35.2. The Labute approximate surface area is 818 Å². The van der Waals surface area contributed by atoms with Gasteiger partial charge in [0.1, 0.15) is 33.5 Å². The fraction of sp³-hybridized carbons (Fsp3) is 0. The number of fused-ring (bicyclic) bond motifs is 16. The predicted octanol–water partition coefficient (Wildman–Crippen LogP) is 38.8. The highest BCUT2D eigenvalue weighted by Crippen LogP contribution is 2.54. The van der Waals surface area contributed by atoms with Crippen LogP contribution < -0.4 is 0 Å². The van der Waals surface area contributed by atoms with Gasteiger partial charge in [-0.05, 0) is 223 Å². The lowest BCUT2D eigenvalue weighted by molar-refractivity contribution is 0.669. The van der Waals surface area contributed by atoms with Crippen molar-refractivity contribution >= 4 is 141 Å². The lowest BCUT2D eigenvalue weighted by Gasteiger charge is -2.18. The number of furan rings is 3. The van der Waals surface area contributed by atoms with E-state index in [4.69, 9.17) is 27.0 Å². The molecule has 0 aliphatic heterocycles. The summed E-state index contributed by atoms with van der Waals surface area (Å²) in [7, 11) is 0. The van der Waals surface area contributed by atoms with E-state index in [-0.39, 0.29) is 59.5 Å². The van der Waals surface area contributed by atoms with Crippen LogP contribution in [0.15, 0.2) is 535 Å². The van der Waals surface area contributed by atoms with Crippen molar-refractivity contribution in [2.45, 2.75) is 0 Å². The van der Waals surface area contributed by atoms with Gasteiger partial charge in [-0.3, -0.25) is 0 Å². The minimum Gasteiger partial charge on any atom is -0.455 e. The van der Waals surface area contributed by atoms with E-state index in [1.165, 1.54) is 71.4 Å². The van der Waals surface area contributed by atoms with Crippen molar-refractivity contribution in [1.82, 2.24) is 0 Å². The summed E-state index contributed by atoms with van der Waals surface area (Å²) in [6.07, 6.45) is 0. The molecule has 3 heterocycles. The van der Waals surface area contributed by atoms with Gasteiger partial charge in [0, 0.05) is 49.0 Å². The van der Waals surface area contributed by atoms with Crippen molar-refractivity contribution < 1.29 is 27.0 Å². The van der Waals surface area contributed by atoms with E-state index in [0.717, 1.165) is 181 Å². The monoisotopic (exact) mass is 1780 g/mol. The molecule has 0 saturated carbocycles.